The fraction of sp³-hybridized carbons (Fsp3) is 0.400. The second-order valence-corrected chi connectivity index (χ2v) is 8.27. The predicted molar refractivity (Wildman–Crippen MR) is 83.7 cm³/mol. The van der Waals surface area contributed by atoms with Gasteiger partial charge in [0.15, 0.2) is 9.84 Å². The largest absolute Gasteiger partial charge is 0.396 e. The molecule has 3 rings (SSSR count). The summed E-state index contributed by atoms with van der Waals surface area (Å²) in [6, 6.07) is 7.97. The average molecular weight is 305 g/mol. The fourth-order valence-electron chi connectivity index (χ4n) is 2.85. The molecule has 2 N–H and O–H groups in total. The number of nitrogens with zero attached hydrogens (tertiary/aromatic N) is 2. The molecule has 1 fully saturated rings. The van der Waals surface area contributed by atoms with E-state index < -0.39 is 15.4 Å². The highest BCUT2D eigenvalue weighted by Crippen LogP contribution is 2.33. The minimum absolute atomic E-state index is 0.119. The highest BCUT2D eigenvalue weighted by atomic mass is 32.2. The Morgan fingerprint density at radius 3 is 2.76 bits per heavy atom. The molecule has 1 atom stereocenters. The molecule has 6 heteroatoms. The molecule has 0 aliphatic carbocycles. The monoisotopic (exact) mass is 305 g/mol. The number of nitrogens with two attached hydrogens (primary N) is 1. The summed E-state index contributed by atoms with van der Waals surface area (Å²) in [5.41, 5.74) is 8.96. The van der Waals surface area contributed by atoms with Crippen LogP contribution in [0.5, 0.6) is 0 Å². The number of rotatable bonds is 2. The van der Waals surface area contributed by atoms with Crippen molar-refractivity contribution in [3.8, 4) is 11.3 Å². The smallest absolute Gasteiger partial charge is 0.152 e. The Kier molecular flexibility index (Phi) is 3.09. The summed E-state index contributed by atoms with van der Waals surface area (Å²) in [5, 5.41) is 4.57. The van der Waals surface area contributed by atoms with Crippen molar-refractivity contribution < 1.29 is 8.42 Å². The number of sulfone groups is 1. The van der Waals surface area contributed by atoms with E-state index in [1.807, 2.05) is 38.1 Å². The van der Waals surface area contributed by atoms with Crippen molar-refractivity contribution in [1.82, 2.24) is 9.78 Å². The summed E-state index contributed by atoms with van der Waals surface area (Å²) < 4.78 is 25.2. The van der Waals surface area contributed by atoms with Gasteiger partial charge in [-0.2, -0.15) is 5.10 Å². The molecule has 1 aromatic carbocycles. The Bertz CT molecular complexity index is 795. The normalized spacial score (nSPS) is 24.3. The lowest BCUT2D eigenvalue weighted by Crippen LogP contribution is -2.31. The van der Waals surface area contributed by atoms with Crippen LogP contribution in [0.25, 0.3) is 11.3 Å². The number of hydrogen-bond donors (Lipinski definition) is 1. The van der Waals surface area contributed by atoms with Crippen LogP contribution in [0.3, 0.4) is 0 Å². The van der Waals surface area contributed by atoms with Gasteiger partial charge in [-0.1, -0.05) is 23.8 Å². The zero-order chi connectivity index (χ0) is 15.3. The van der Waals surface area contributed by atoms with E-state index in [0.717, 1.165) is 11.1 Å². The Balaban J connectivity index is 2.03. The van der Waals surface area contributed by atoms with Crippen LogP contribution in [-0.2, 0) is 15.4 Å². The summed E-state index contributed by atoms with van der Waals surface area (Å²) >= 11 is 0. The zero-order valence-corrected chi connectivity index (χ0v) is 13.0. The third-order valence-electron chi connectivity index (χ3n) is 4.07. The summed E-state index contributed by atoms with van der Waals surface area (Å²) in [5.74, 6) is 0.331. The zero-order valence-electron chi connectivity index (χ0n) is 12.2. The van der Waals surface area contributed by atoms with Crippen molar-refractivity contribution in [1.29, 1.82) is 0 Å². The minimum Gasteiger partial charge on any atom is -0.396 e. The van der Waals surface area contributed by atoms with E-state index in [2.05, 4.69) is 5.10 Å². The highest BCUT2D eigenvalue weighted by Gasteiger charge is 2.40. The van der Waals surface area contributed by atoms with Crippen LogP contribution in [-0.4, -0.2) is 29.7 Å². The van der Waals surface area contributed by atoms with Gasteiger partial charge in [-0.3, -0.25) is 4.68 Å². The summed E-state index contributed by atoms with van der Waals surface area (Å²) in [6.07, 6.45) is 2.32. The second kappa shape index (κ2) is 4.59. The number of nitrogen functional groups attached to an aromatic ring is 1. The molecular formula is C15H19N3O2S. The van der Waals surface area contributed by atoms with Crippen molar-refractivity contribution >= 4 is 15.5 Å². The van der Waals surface area contributed by atoms with Crippen LogP contribution < -0.4 is 5.73 Å². The Labute approximate surface area is 124 Å². The lowest BCUT2D eigenvalue weighted by Gasteiger charge is -2.22. The standard InChI is InChI=1S/C15H19N3O2S/c1-11-4-3-5-12(8-11)14-13(16)9-18(17-14)15(2)6-7-21(19,20)10-15/h3-5,8-9H,6-7,10,16H2,1-2H3. The van der Waals surface area contributed by atoms with Gasteiger partial charge < -0.3 is 5.73 Å². The maximum atomic E-state index is 11.8. The summed E-state index contributed by atoms with van der Waals surface area (Å²) in [6.45, 7) is 3.94. The molecule has 1 unspecified atom stereocenters. The first-order chi connectivity index (χ1) is 9.79. The van der Waals surface area contributed by atoms with E-state index in [1.165, 1.54) is 0 Å². The molecule has 0 spiro atoms. The number of hydrogen-bond acceptors (Lipinski definition) is 4. The first kappa shape index (κ1) is 14.1. The van der Waals surface area contributed by atoms with Gasteiger partial charge in [0.1, 0.15) is 5.69 Å². The van der Waals surface area contributed by atoms with E-state index in [0.29, 0.717) is 17.8 Å². The second-order valence-electron chi connectivity index (χ2n) is 6.09. The fourth-order valence-corrected chi connectivity index (χ4v) is 4.97. The Hall–Kier alpha value is -1.82. The molecule has 1 aromatic heterocycles. The van der Waals surface area contributed by atoms with Crippen molar-refractivity contribution in [3.05, 3.63) is 36.0 Å². The minimum atomic E-state index is -2.98. The van der Waals surface area contributed by atoms with Crippen LogP contribution in [0, 0.1) is 6.92 Å². The number of aromatic nitrogens is 2. The molecule has 0 bridgehead atoms. The topological polar surface area (TPSA) is 78.0 Å². The van der Waals surface area contributed by atoms with Crippen LogP contribution in [0.1, 0.15) is 18.9 Å². The van der Waals surface area contributed by atoms with E-state index in [9.17, 15) is 8.42 Å². The quantitative estimate of drug-likeness (QED) is 0.920. The molecule has 1 saturated heterocycles. The van der Waals surface area contributed by atoms with Crippen molar-refractivity contribution in [2.24, 2.45) is 0 Å². The Morgan fingerprint density at radius 1 is 1.38 bits per heavy atom. The van der Waals surface area contributed by atoms with E-state index in [-0.39, 0.29) is 11.5 Å². The van der Waals surface area contributed by atoms with E-state index in [4.69, 9.17) is 5.73 Å². The number of anilines is 1. The lowest BCUT2D eigenvalue weighted by molar-refractivity contribution is 0.329. The molecule has 1 aliphatic heterocycles. The predicted octanol–water partition coefficient (Wildman–Crippen LogP) is 1.97. The van der Waals surface area contributed by atoms with Crippen molar-refractivity contribution in [2.45, 2.75) is 25.8 Å². The first-order valence-corrected chi connectivity index (χ1v) is 8.74. The van der Waals surface area contributed by atoms with Gasteiger partial charge in [-0.25, -0.2) is 8.42 Å². The first-order valence-electron chi connectivity index (χ1n) is 6.92. The molecule has 5 nitrogen and oxygen atoms in total. The molecule has 2 heterocycles. The van der Waals surface area contributed by atoms with Gasteiger partial charge in [0, 0.05) is 11.8 Å². The van der Waals surface area contributed by atoms with Crippen LogP contribution in [0.4, 0.5) is 5.69 Å². The molecule has 21 heavy (non-hydrogen) atoms. The van der Waals surface area contributed by atoms with Gasteiger partial charge in [0.25, 0.3) is 0 Å². The summed E-state index contributed by atoms with van der Waals surface area (Å²) in [7, 11) is -2.98. The van der Waals surface area contributed by atoms with Crippen LogP contribution in [0.2, 0.25) is 0 Å². The van der Waals surface area contributed by atoms with E-state index >= 15 is 0 Å². The van der Waals surface area contributed by atoms with Gasteiger partial charge >= 0.3 is 0 Å². The van der Waals surface area contributed by atoms with Gasteiger partial charge in [-0.05, 0) is 26.3 Å². The SMILES string of the molecule is Cc1cccc(-c2nn(C3(C)CCS(=O)(=O)C3)cc2N)c1. The molecule has 0 amide bonds. The Morgan fingerprint density at radius 2 is 2.14 bits per heavy atom. The maximum absolute atomic E-state index is 11.8. The highest BCUT2D eigenvalue weighted by molar-refractivity contribution is 7.91. The summed E-state index contributed by atoms with van der Waals surface area (Å²) in [4.78, 5) is 0. The van der Waals surface area contributed by atoms with Crippen molar-refractivity contribution in [3.63, 3.8) is 0 Å². The van der Waals surface area contributed by atoms with Gasteiger partial charge in [0.05, 0.1) is 22.7 Å². The molecule has 112 valence electrons. The third kappa shape index (κ3) is 2.55. The van der Waals surface area contributed by atoms with Crippen LogP contribution in [0.15, 0.2) is 30.5 Å². The molecular weight excluding hydrogens is 286 g/mol. The van der Waals surface area contributed by atoms with Crippen molar-refractivity contribution in [2.75, 3.05) is 17.2 Å². The maximum Gasteiger partial charge on any atom is 0.152 e. The molecule has 2 aromatic rings. The van der Waals surface area contributed by atoms with Crippen LogP contribution >= 0.6 is 0 Å². The molecule has 0 saturated carbocycles. The number of benzene rings is 1. The molecule has 0 radical (unpaired) electrons. The third-order valence-corrected chi connectivity index (χ3v) is 5.96. The average Bonchev–Trinajstić information content (AvgIpc) is 2.91. The van der Waals surface area contributed by atoms with Gasteiger partial charge in [-0.15, -0.1) is 0 Å². The molecule has 1 aliphatic rings. The lowest BCUT2D eigenvalue weighted by atomic mass is 10.0. The van der Waals surface area contributed by atoms with E-state index in [1.54, 1.807) is 10.9 Å². The number of aryl methyl sites for hydroxylation is 1. The van der Waals surface area contributed by atoms with Gasteiger partial charge in [0.2, 0.25) is 0 Å².